The maximum Gasteiger partial charge on any atom is 0.411 e. The van der Waals surface area contributed by atoms with E-state index >= 15 is 0 Å². The number of rotatable bonds is 6. The first-order valence-electron chi connectivity index (χ1n) is 10.9. The molecule has 172 valence electrons. The minimum absolute atomic E-state index is 0.0422. The SMILES string of the molecule is COc1cc(C(=O)O)ccc1C(C)c1cc(=O)c2cc(NC(=O)OC3CCCC3)ccc2[nH]1. The largest absolute Gasteiger partial charge is 0.496 e. The van der Waals surface area contributed by atoms with E-state index in [0.29, 0.717) is 28.0 Å². The van der Waals surface area contributed by atoms with Crippen LogP contribution in [-0.4, -0.2) is 35.4 Å². The minimum Gasteiger partial charge on any atom is -0.496 e. The lowest BCUT2D eigenvalue weighted by Crippen LogP contribution is -2.20. The Labute approximate surface area is 190 Å². The van der Waals surface area contributed by atoms with Crippen molar-refractivity contribution in [3.63, 3.8) is 0 Å². The third kappa shape index (κ3) is 4.84. The van der Waals surface area contributed by atoms with Crippen LogP contribution in [0.3, 0.4) is 0 Å². The molecule has 1 saturated carbocycles. The summed E-state index contributed by atoms with van der Waals surface area (Å²) in [6.45, 7) is 1.91. The summed E-state index contributed by atoms with van der Waals surface area (Å²) in [5, 5.41) is 12.4. The predicted molar refractivity (Wildman–Crippen MR) is 124 cm³/mol. The number of carboxylic acids is 1. The predicted octanol–water partition coefficient (Wildman–Crippen LogP) is 4.88. The minimum atomic E-state index is -1.04. The molecule has 33 heavy (non-hydrogen) atoms. The molecule has 0 radical (unpaired) electrons. The van der Waals surface area contributed by atoms with E-state index in [0.717, 1.165) is 31.2 Å². The number of aromatic amines is 1. The Kier molecular flexibility index (Phi) is 6.35. The molecule has 1 aromatic heterocycles. The smallest absolute Gasteiger partial charge is 0.411 e. The van der Waals surface area contributed by atoms with Gasteiger partial charge in [-0.3, -0.25) is 10.1 Å². The van der Waals surface area contributed by atoms with Crippen LogP contribution in [0.5, 0.6) is 5.75 Å². The lowest BCUT2D eigenvalue weighted by atomic mass is 9.94. The molecule has 0 bridgehead atoms. The lowest BCUT2D eigenvalue weighted by molar-refractivity contribution is 0.0696. The van der Waals surface area contributed by atoms with E-state index in [9.17, 15) is 19.5 Å². The van der Waals surface area contributed by atoms with Crippen molar-refractivity contribution < 1.29 is 24.2 Å². The summed E-state index contributed by atoms with van der Waals surface area (Å²) < 4.78 is 10.8. The number of H-pyrrole nitrogens is 1. The van der Waals surface area contributed by atoms with Crippen LogP contribution >= 0.6 is 0 Å². The van der Waals surface area contributed by atoms with Crippen LogP contribution in [0.2, 0.25) is 0 Å². The van der Waals surface area contributed by atoms with Gasteiger partial charge in [-0.2, -0.15) is 0 Å². The zero-order valence-electron chi connectivity index (χ0n) is 18.5. The van der Waals surface area contributed by atoms with Crippen molar-refractivity contribution in [2.24, 2.45) is 0 Å². The summed E-state index contributed by atoms with van der Waals surface area (Å²) in [5.74, 6) is -0.856. The quantitative estimate of drug-likeness (QED) is 0.493. The third-order valence-electron chi connectivity index (χ3n) is 6.09. The van der Waals surface area contributed by atoms with Crippen molar-refractivity contribution in [3.8, 4) is 5.75 Å². The van der Waals surface area contributed by atoms with Crippen molar-refractivity contribution in [2.45, 2.75) is 44.6 Å². The van der Waals surface area contributed by atoms with E-state index in [1.165, 1.54) is 25.3 Å². The molecule has 3 N–H and O–H groups in total. The van der Waals surface area contributed by atoms with E-state index in [-0.39, 0.29) is 23.0 Å². The topological polar surface area (TPSA) is 118 Å². The van der Waals surface area contributed by atoms with Gasteiger partial charge >= 0.3 is 12.1 Å². The Hall–Kier alpha value is -3.81. The average Bonchev–Trinajstić information content (AvgIpc) is 3.31. The Balaban J connectivity index is 1.59. The van der Waals surface area contributed by atoms with E-state index in [1.807, 2.05) is 6.92 Å². The Bertz CT molecular complexity index is 1260. The van der Waals surface area contributed by atoms with Crippen LogP contribution in [0.1, 0.15) is 60.1 Å². The van der Waals surface area contributed by atoms with Crippen LogP contribution in [0.15, 0.2) is 47.3 Å². The number of hydrogen-bond donors (Lipinski definition) is 3. The lowest BCUT2D eigenvalue weighted by Gasteiger charge is -2.17. The number of fused-ring (bicyclic) bond motifs is 1. The van der Waals surface area contributed by atoms with E-state index in [4.69, 9.17) is 9.47 Å². The van der Waals surface area contributed by atoms with Crippen molar-refractivity contribution in [2.75, 3.05) is 12.4 Å². The second kappa shape index (κ2) is 9.36. The Morgan fingerprint density at radius 1 is 1.12 bits per heavy atom. The van der Waals surface area contributed by atoms with E-state index < -0.39 is 12.1 Å². The highest BCUT2D eigenvalue weighted by Crippen LogP contribution is 2.32. The van der Waals surface area contributed by atoms with Crippen molar-refractivity contribution >= 4 is 28.7 Å². The normalized spacial score (nSPS) is 14.7. The summed E-state index contributed by atoms with van der Waals surface area (Å²) in [5.41, 5.74) is 2.46. The molecule has 0 saturated heterocycles. The highest BCUT2D eigenvalue weighted by atomic mass is 16.6. The first-order chi connectivity index (χ1) is 15.9. The number of hydrogen-bond acceptors (Lipinski definition) is 5. The maximum atomic E-state index is 12.9. The fourth-order valence-corrected chi connectivity index (χ4v) is 4.25. The molecule has 1 fully saturated rings. The van der Waals surface area contributed by atoms with Crippen molar-refractivity contribution in [3.05, 3.63) is 69.5 Å². The fourth-order valence-electron chi connectivity index (χ4n) is 4.25. The fraction of sp³-hybridized carbons (Fsp3) is 0.320. The van der Waals surface area contributed by atoms with Gasteiger partial charge in [0.05, 0.1) is 12.7 Å². The highest BCUT2D eigenvalue weighted by Gasteiger charge is 2.20. The Morgan fingerprint density at radius 3 is 2.58 bits per heavy atom. The van der Waals surface area contributed by atoms with Crippen LogP contribution in [-0.2, 0) is 4.74 Å². The maximum absolute atomic E-state index is 12.9. The van der Waals surface area contributed by atoms with Gasteiger partial charge in [0.2, 0.25) is 0 Å². The number of methoxy groups -OCH3 is 1. The van der Waals surface area contributed by atoms with Gasteiger partial charge in [-0.1, -0.05) is 13.0 Å². The molecule has 8 nitrogen and oxygen atoms in total. The molecule has 3 aromatic rings. The van der Waals surface area contributed by atoms with E-state index in [1.54, 1.807) is 24.3 Å². The van der Waals surface area contributed by atoms with Gasteiger partial charge in [-0.15, -0.1) is 0 Å². The molecular formula is C25H26N2O6. The molecule has 8 heteroatoms. The molecule has 1 unspecified atom stereocenters. The molecule has 1 heterocycles. The third-order valence-corrected chi connectivity index (χ3v) is 6.09. The number of carboxylic acid groups (broad SMARTS) is 1. The van der Waals surface area contributed by atoms with Gasteiger partial charge in [0.15, 0.2) is 5.43 Å². The van der Waals surface area contributed by atoms with Crippen molar-refractivity contribution in [1.82, 2.24) is 4.98 Å². The number of amides is 1. The molecule has 1 aliphatic carbocycles. The summed E-state index contributed by atoms with van der Waals surface area (Å²) >= 11 is 0. The molecule has 1 atom stereocenters. The van der Waals surface area contributed by atoms with Crippen molar-refractivity contribution in [1.29, 1.82) is 0 Å². The zero-order chi connectivity index (χ0) is 23.5. The average molecular weight is 450 g/mol. The van der Waals surface area contributed by atoms with Crippen LogP contribution in [0.25, 0.3) is 10.9 Å². The molecule has 0 spiro atoms. The van der Waals surface area contributed by atoms with Gasteiger partial charge in [-0.25, -0.2) is 9.59 Å². The molecule has 1 aliphatic rings. The summed E-state index contributed by atoms with van der Waals surface area (Å²) in [7, 11) is 1.48. The number of ether oxygens (including phenoxy) is 2. The standard InChI is InChI=1S/C25H26N2O6/c1-14(18-9-7-15(24(29)30)11-23(18)32-2)21-13-22(28)19-12-16(8-10-20(19)27-21)26-25(31)33-17-5-3-4-6-17/h7-14,17H,3-6H2,1-2H3,(H,26,31)(H,27,28)(H,29,30). The number of aromatic nitrogens is 1. The number of benzene rings is 2. The number of aromatic carboxylic acids is 1. The summed E-state index contributed by atoms with van der Waals surface area (Å²) in [6, 6.07) is 11.3. The number of carbonyl (C=O) groups is 2. The summed E-state index contributed by atoms with van der Waals surface area (Å²) in [4.78, 5) is 39.6. The van der Waals surface area contributed by atoms with Gasteiger partial charge in [0.1, 0.15) is 11.9 Å². The second-order valence-corrected chi connectivity index (χ2v) is 8.27. The number of carbonyl (C=O) groups excluding carboxylic acids is 1. The number of nitrogens with one attached hydrogen (secondary N) is 2. The Morgan fingerprint density at radius 2 is 1.88 bits per heavy atom. The molecular weight excluding hydrogens is 424 g/mol. The first kappa shape index (κ1) is 22.4. The van der Waals surface area contributed by atoms with Gasteiger partial charge in [-0.05, 0) is 56.0 Å². The van der Waals surface area contributed by atoms with Gasteiger partial charge < -0.3 is 19.6 Å². The molecule has 0 aliphatic heterocycles. The second-order valence-electron chi connectivity index (χ2n) is 8.27. The summed E-state index contributed by atoms with van der Waals surface area (Å²) in [6.07, 6.45) is 3.35. The first-order valence-corrected chi connectivity index (χ1v) is 10.9. The number of pyridine rings is 1. The van der Waals surface area contributed by atoms with Gasteiger partial charge in [0, 0.05) is 39.8 Å². The van der Waals surface area contributed by atoms with Crippen LogP contribution < -0.4 is 15.5 Å². The highest BCUT2D eigenvalue weighted by molar-refractivity contribution is 5.90. The monoisotopic (exact) mass is 450 g/mol. The molecule has 1 amide bonds. The number of anilines is 1. The molecule has 2 aromatic carbocycles. The van der Waals surface area contributed by atoms with Crippen LogP contribution in [0, 0.1) is 0 Å². The van der Waals surface area contributed by atoms with Crippen LogP contribution in [0.4, 0.5) is 10.5 Å². The zero-order valence-corrected chi connectivity index (χ0v) is 18.5. The van der Waals surface area contributed by atoms with Gasteiger partial charge in [0.25, 0.3) is 0 Å². The van der Waals surface area contributed by atoms with E-state index in [2.05, 4.69) is 10.3 Å². The molecule has 4 rings (SSSR count).